The van der Waals surface area contributed by atoms with Crippen molar-refractivity contribution in [3.05, 3.63) is 0 Å². The van der Waals surface area contributed by atoms with Crippen molar-refractivity contribution in [2.24, 2.45) is 5.41 Å². The van der Waals surface area contributed by atoms with Crippen molar-refractivity contribution in [3.63, 3.8) is 0 Å². The second kappa shape index (κ2) is 4.69. The van der Waals surface area contributed by atoms with Crippen molar-refractivity contribution in [1.29, 1.82) is 0 Å². The number of carbonyl (C=O) groups is 1. The first-order valence-corrected chi connectivity index (χ1v) is 7.00. The van der Waals surface area contributed by atoms with Gasteiger partial charge in [-0.3, -0.25) is 4.79 Å². The molecule has 2 fully saturated rings. The summed E-state index contributed by atoms with van der Waals surface area (Å²) in [7, 11) is 0. The molecule has 2 aliphatic rings. The van der Waals surface area contributed by atoms with Gasteiger partial charge < -0.3 is 10.2 Å². The van der Waals surface area contributed by atoms with Gasteiger partial charge in [-0.2, -0.15) is 0 Å². The maximum atomic E-state index is 12.3. The molecule has 0 spiro atoms. The number of ketones is 1. The topological polar surface area (TPSA) is 57.5 Å². The molecule has 17 heavy (non-hydrogen) atoms. The zero-order valence-corrected chi connectivity index (χ0v) is 10.7. The van der Waals surface area contributed by atoms with Gasteiger partial charge in [0.05, 0.1) is 11.5 Å². The number of aliphatic hydroxyl groups excluding tert-OH is 1. The van der Waals surface area contributed by atoms with Crippen LogP contribution in [0.3, 0.4) is 0 Å². The van der Waals surface area contributed by atoms with Crippen LogP contribution in [0.2, 0.25) is 0 Å². The van der Waals surface area contributed by atoms with Gasteiger partial charge in [-0.25, -0.2) is 0 Å². The normalized spacial score (nSPS) is 42.3. The summed E-state index contributed by atoms with van der Waals surface area (Å²) >= 11 is 0. The second-order valence-corrected chi connectivity index (χ2v) is 5.79. The van der Waals surface area contributed by atoms with Crippen molar-refractivity contribution >= 4 is 5.78 Å². The number of carbonyl (C=O) groups excluding carboxylic acids is 1. The number of rotatable bonds is 3. The Labute approximate surface area is 103 Å². The molecule has 0 aliphatic heterocycles. The third-order valence-corrected chi connectivity index (χ3v) is 4.91. The van der Waals surface area contributed by atoms with E-state index in [2.05, 4.69) is 6.92 Å². The fraction of sp³-hybridized carbons (Fsp3) is 0.929. The quantitative estimate of drug-likeness (QED) is 0.795. The molecule has 2 saturated carbocycles. The SMILES string of the molecule is CCCC[C@]12CCC[C@H](O)[C@@]1(O)CCCC2=O. The molecule has 0 heterocycles. The van der Waals surface area contributed by atoms with E-state index in [1.807, 2.05) is 0 Å². The largest absolute Gasteiger partial charge is 0.390 e. The summed E-state index contributed by atoms with van der Waals surface area (Å²) in [6.45, 7) is 2.10. The van der Waals surface area contributed by atoms with Crippen molar-refractivity contribution in [1.82, 2.24) is 0 Å². The maximum absolute atomic E-state index is 12.3. The van der Waals surface area contributed by atoms with Crippen LogP contribution in [0.15, 0.2) is 0 Å². The average Bonchev–Trinajstić information content (AvgIpc) is 2.30. The van der Waals surface area contributed by atoms with Crippen LogP contribution in [-0.4, -0.2) is 27.7 Å². The van der Waals surface area contributed by atoms with Gasteiger partial charge in [-0.05, 0) is 38.5 Å². The van der Waals surface area contributed by atoms with Gasteiger partial charge in [0.1, 0.15) is 11.4 Å². The van der Waals surface area contributed by atoms with Crippen molar-refractivity contribution in [3.8, 4) is 0 Å². The molecule has 2 rings (SSSR count). The van der Waals surface area contributed by atoms with Crippen LogP contribution >= 0.6 is 0 Å². The number of hydrogen-bond donors (Lipinski definition) is 2. The Morgan fingerprint density at radius 1 is 1.35 bits per heavy atom. The van der Waals surface area contributed by atoms with Crippen LogP contribution in [-0.2, 0) is 4.79 Å². The molecule has 98 valence electrons. The zero-order valence-electron chi connectivity index (χ0n) is 10.7. The zero-order chi connectivity index (χ0) is 12.5. The van der Waals surface area contributed by atoms with Gasteiger partial charge in [0.25, 0.3) is 0 Å². The first-order chi connectivity index (χ1) is 8.07. The lowest BCUT2D eigenvalue weighted by atomic mass is 9.53. The van der Waals surface area contributed by atoms with Crippen LogP contribution in [0.5, 0.6) is 0 Å². The highest BCUT2D eigenvalue weighted by molar-refractivity contribution is 5.87. The van der Waals surface area contributed by atoms with E-state index in [0.29, 0.717) is 19.3 Å². The van der Waals surface area contributed by atoms with Gasteiger partial charge in [0.2, 0.25) is 0 Å². The minimum Gasteiger partial charge on any atom is -0.390 e. The molecule has 2 N–H and O–H groups in total. The summed E-state index contributed by atoms with van der Waals surface area (Å²) in [5, 5.41) is 21.0. The molecule has 0 radical (unpaired) electrons. The van der Waals surface area contributed by atoms with E-state index in [1.54, 1.807) is 0 Å². The highest BCUT2D eigenvalue weighted by Crippen LogP contribution is 2.54. The van der Waals surface area contributed by atoms with Gasteiger partial charge in [-0.1, -0.05) is 19.8 Å². The number of fused-ring (bicyclic) bond motifs is 1. The number of aliphatic hydroxyl groups is 2. The monoisotopic (exact) mass is 240 g/mol. The van der Waals surface area contributed by atoms with E-state index < -0.39 is 17.1 Å². The third-order valence-electron chi connectivity index (χ3n) is 4.91. The molecular weight excluding hydrogens is 216 g/mol. The van der Waals surface area contributed by atoms with Crippen LogP contribution in [0.25, 0.3) is 0 Å². The fourth-order valence-electron chi connectivity index (χ4n) is 3.88. The summed E-state index contributed by atoms with van der Waals surface area (Å²) < 4.78 is 0. The minimum atomic E-state index is -1.14. The summed E-state index contributed by atoms with van der Waals surface area (Å²) in [4.78, 5) is 12.3. The molecule has 3 heteroatoms. The lowest BCUT2D eigenvalue weighted by Gasteiger charge is -2.54. The lowest BCUT2D eigenvalue weighted by Crippen LogP contribution is -2.64. The molecule has 0 saturated heterocycles. The van der Waals surface area contributed by atoms with Crippen molar-refractivity contribution < 1.29 is 15.0 Å². The van der Waals surface area contributed by atoms with E-state index >= 15 is 0 Å². The number of unbranched alkanes of at least 4 members (excludes halogenated alkanes) is 1. The smallest absolute Gasteiger partial charge is 0.142 e. The van der Waals surface area contributed by atoms with Gasteiger partial charge in [0, 0.05) is 6.42 Å². The summed E-state index contributed by atoms with van der Waals surface area (Å²) in [5.74, 6) is 0.193. The van der Waals surface area contributed by atoms with Gasteiger partial charge >= 0.3 is 0 Å². The molecule has 3 nitrogen and oxygen atoms in total. The van der Waals surface area contributed by atoms with Crippen molar-refractivity contribution in [2.75, 3.05) is 0 Å². The van der Waals surface area contributed by atoms with Crippen LogP contribution in [0.4, 0.5) is 0 Å². The fourth-order valence-corrected chi connectivity index (χ4v) is 3.88. The molecular formula is C14H24O3. The Balaban J connectivity index is 2.33. The summed E-state index contributed by atoms with van der Waals surface area (Å²) in [5.41, 5.74) is -1.78. The van der Waals surface area contributed by atoms with E-state index in [4.69, 9.17) is 0 Å². The molecule has 0 amide bonds. The highest BCUT2D eigenvalue weighted by atomic mass is 16.3. The molecule has 0 unspecified atom stereocenters. The predicted octanol–water partition coefficient (Wildman–Crippen LogP) is 2.19. The lowest BCUT2D eigenvalue weighted by molar-refractivity contribution is -0.204. The Hall–Kier alpha value is -0.410. The van der Waals surface area contributed by atoms with Crippen molar-refractivity contribution in [2.45, 2.75) is 76.4 Å². The maximum Gasteiger partial charge on any atom is 0.142 e. The molecule has 0 aromatic heterocycles. The number of Topliss-reactive ketones (excluding diaryl/α,β-unsaturated/α-hetero) is 1. The molecule has 0 aromatic carbocycles. The van der Waals surface area contributed by atoms with Crippen LogP contribution in [0.1, 0.15) is 64.7 Å². The standard InChI is InChI=1S/C14H24O3/c1-2-3-8-13-9-4-7-12(16)14(13,17)10-5-6-11(13)15/h12,16-17H,2-10H2,1H3/t12-,13+,14-/m0/s1. The Morgan fingerprint density at radius 3 is 2.82 bits per heavy atom. The summed E-state index contributed by atoms with van der Waals surface area (Å²) in [6.07, 6.45) is 6.17. The number of hydrogen-bond acceptors (Lipinski definition) is 3. The Kier molecular flexibility index (Phi) is 3.60. The van der Waals surface area contributed by atoms with Gasteiger partial charge in [-0.15, -0.1) is 0 Å². The average molecular weight is 240 g/mol. The molecule has 0 bridgehead atoms. The van der Waals surface area contributed by atoms with E-state index in [1.165, 1.54) is 0 Å². The van der Waals surface area contributed by atoms with E-state index in [0.717, 1.165) is 38.5 Å². The molecule has 3 atom stereocenters. The van der Waals surface area contributed by atoms with Crippen LogP contribution in [0, 0.1) is 5.41 Å². The first-order valence-electron chi connectivity index (χ1n) is 7.00. The Morgan fingerprint density at radius 2 is 2.12 bits per heavy atom. The Bertz CT molecular complexity index is 302. The summed E-state index contributed by atoms with van der Waals surface area (Å²) in [6, 6.07) is 0. The highest BCUT2D eigenvalue weighted by Gasteiger charge is 2.60. The molecule has 0 aromatic rings. The minimum absolute atomic E-state index is 0.193. The van der Waals surface area contributed by atoms with E-state index in [9.17, 15) is 15.0 Å². The van der Waals surface area contributed by atoms with Crippen LogP contribution < -0.4 is 0 Å². The third kappa shape index (κ3) is 1.84. The first kappa shape index (κ1) is 13.0. The van der Waals surface area contributed by atoms with E-state index in [-0.39, 0.29) is 5.78 Å². The predicted molar refractivity (Wildman–Crippen MR) is 65.6 cm³/mol. The van der Waals surface area contributed by atoms with Gasteiger partial charge in [0.15, 0.2) is 0 Å². The molecule has 2 aliphatic carbocycles. The second-order valence-electron chi connectivity index (χ2n) is 5.79.